The third kappa shape index (κ3) is 3.70. The van der Waals surface area contributed by atoms with Crippen molar-refractivity contribution in [2.75, 3.05) is 0 Å². The van der Waals surface area contributed by atoms with Gasteiger partial charge >= 0.3 is 0 Å². The molecule has 0 spiro atoms. The van der Waals surface area contributed by atoms with Gasteiger partial charge in [0, 0.05) is 16.7 Å². The minimum absolute atomic E-state index is 0.0621. The van der Waals surface area contributed by atoms with Crippen molar-refractivity contribution in [1.82, 2.24) is 5.32 Å². The van der Waals surface area contributed by atoms with Gasteiger partial charge in [0.1, 0.15) is 5.82 Å². The van der Waals surface area contributed by atoms with Crippen molar-refractivity contribution in [3.63, 3.8) is 0 Å². The molecule has 0 heterocycles. The van der Waals surface area contributed by atoms with Crippen molar-refractivity contribution in [1.29, 1.82) is 0 Å². The molecule has 1 saturated carbocycles. The summed E-state index contributed by atoms with van der Waals surface area (Å²) < 4.78 is 36.0. The smallest absolute Gasteiger partial charge is 0.261 e. The Labute approximate surface area is 121 Å². The third-order valence-electron chi connectivity index (χ3n) is 3.41. The average molecular weight is 320 g/mol. The van der Waals surface area contributed by atoms with Crippen molar-refractivity contribution in [2.24, 2.45) is 0 Å². The van der Waals surface area contributed by atoms with Crippen molar-refractivity contribution in [3.8, 4) is 0 Å². The number of amides is 1. The number of nitrogens with one attached hydrogen (secondary N) is 1. The molecule has 1 amide bonds. The van der Waals surface area contributed by atoms with E-state index in [-0.39, 0.29) is 16.5 Å². The molecule has 0 saturated heterocycles. The van der Waals surface area contributed by atoms with Gasteiger partial charge in [-0.05, 0) is 31.0 Å². The lowest BCUT2D eigenvalue weighted by atomic mass is 9.95. The van der Waals surface area contributed by atoms with Crippen molar-refractivity contribution < 1.29 is 17.6 Å². The van der Waals surface area contributed by atoms with Crippen LogP contribution in [0.5, 0.6) is 0 Å². The molecule has 1 aromatic rings. The van der Waals surface area contributed by atoms with Crippen molar-refractivity contribution >= 4 is 25.6 Å². The molecule has 0 atom stereocenters. The second-order valence-corrected chi connectivity index (χ2v) is 7.45. The maximum Gasteiger partial charge on any atom is 0.261 e. The fraction of sp³-hybridized carbons (Fsp3) is 0.462. The van der Waals surface area contributed by atoms with Crippen LogP contribution >= 0.6 is 10.7 Å². The molecule has 1 N–H and O–H groups in total. The summed E-state index contributed by atoms with van der Waals surface area (Å²) in [7, 11) is 1.13. The fourth-order valence-corrected chi connectivity index (χ4v) is 3.10. The first-order valence-electron chi connectivity index (χ1n) is 6.43. The standard InChI is InChI=1S/C13H15ClFNO3S/c14-20(18,19)10-6-7-11(12(15)8-10)13(17)16-9-4-2-1-3-5-9/h6-9H,1-5H2,(H,16,17). The lowest BCUT2D eigenvalue weighted by molar-refractivity contribution is 0.0923. The van der Waals surface area contributed by atoms with Crippen LogP contribution in [-0.2, 0) is 9.05 Å². The molecule has 7 heteroatoms. The topological polar surface area (TPSA) is 63.2 Å². The van der Waals surface area contributed by atoms with E-state index >= 15 is 0 Å². The highest BCUT2D eigenvalue weighted by molar-refractivity contribution is 8.13. The van der Waals surface area contributed by atoms with Gasteiger partial charge in [0.15, 0.2) is 0 Å². The van der Waals surface area contributed by atoms with E-state index in [4.69, 9.17) is 10.7 Å². The summed E-state index contributed by atoms with van der Waals surface area (Å²) in [6.45, 7) is 0. The highest BCUT2D eigenvalue weighted by Crippen LogP contribution is 2.20. The van der Waals surface area contributed by atoms with Crippen LogP contribution in [-0.4, -0.2) is 20.4 Å². The van der Waals surface area contributed by atoms with Gasteiger partial charge in [-0.15, -0.1) is 0 Å². The van der Waals surface area contributed by atoms with Crippen LogP contribution in [0.15, 0.2) is 23.1 Å². The number of hydrogen-bond acceptors (Lipinski definition) is 3. The van der Waals surface area contributed by atoms with Crippen LogP contribution in [0.3, 0.4) is 0 Å². The maximum atomic E-state index is 13.8. The zero-order chi connectivity index (χ0) is 14.8. The Morgan fingerprint density at radius 3 is 2.45 bits per heavy atom. The molecule has 1 fully saturated rings. The molecule has 0 bridgehead atoms. The summed E-state index contributed by atoms with van der Waals surface area (Å²) in [6, 6.07) is 3.09. The van der Waals surface area contributed by atoms with Gasteiger partial charge in [0.2, 0.25) is 0 Å². The van der Waals surface area contributed by atoms with Crippen LogP contribution < -0.4 is 5.32 Å². The summed E-state index contributed by atoms with van der Waals surface area (Å²) >= 11 is 0. The first-order valence-corrected chi connectivity index (χ1v) is 8.74. The average Bonchev–Trinajstić information content (AvgIpc) is 2.38. The summed E-state index contributed by atoms with van der Waals surface area (Å²) in [6.07, 6.45) is 5.04. The first kappa shape index (κ1) is 15.3. The molecule has 0 radical (unpaired) electrons. The zero-order valence-corrected chi connectivity index (χ0v) is 12.3. The summed E-state index contributed by atoms with van der Waals surface area (Å²) in [5.74, 6) is -1.41. The van der Waals surface area contributed by atoms with Crippen LogP contribution in [0.1, 0.15) is 42.5 Å². The Balaban J connectivity index is 2.14. The summed E-state index contributed by atoms with van der Waals surface area (Å²) in [5, 5.41) is 2.77. The molecule has 2 rings (SSSR count). The summed E-state index contributed by atoms with van der Waals surface area (Å²) in [4.78, 5) is 11.6. The van der Waals surface area contributed by atoms with Gasteiger partial charge in [0.25, 0.3) is 15.0 Å². The van der Waals surface area contributed by atoms with Crippen LogP contribution in [0.2, 0.25) is 0 Å². The highest BCUT2D eigenvalue weighted by atomic mass is 35.7. The van der Waals surface area contributed by atoms with Gasteiger partial charge in [0.05, 0.1) is 10.5 Å². The molecule has 110 valence electrons. The molecular weight excluding hydrogens is 305 g/mol. The first-order chi connectivity index (χ1) is 9.38. The minimum atomic E-state index is -3.99. The number of carbonyl (C=O) groups excluding carboxylic acids is 1. The lowest BCUT2D eigenvalue weighted by Gasteiger charge is -2.22. The summed E-state index contributed by atoms with van der Waals surface area (Å²) in [5.41, 5.74) is -0.167. The number of carbonyl (C=O) groups is 1. The third-order valence-corrected chi connectivity index (χ3v) is 4.76. The Kier molecular flexibility index (Phi) is 4.65. The zero-order valence-electron chi connectivity index (χ0n) is 10.7. The molecule has 1 aliphatic rings. The van der Waals surface area contributed by atoms with E-state index < -0.39 is 20.8 Å². The van der Waals surface area contributed by atoms with Crippen molar-refractivity contribution in [3.05, 3.63) is 29.6 Å². The molecular formula is C13H15ClFNO3S. The van der Waals surface area contributed by atoms with Gasteiger partial charge in [-0.25, -0.2) is 12.8 Å². The van der Waals surface area contributed by atoms with E-state index in [9.17, 15) is 17.6 Å². The molecule has 1 aliphatic carbocycles. The van der Waals surface area contributed by atoms with E-state index in [0.717, 1.165) is 50.3 Å². The Morgan fingerprint density at radius 2 is 1.90 bits per heavy atom. The Hall–Kier alpha value is -1.14. The molecule has 4 nitrogen and oxygen atoms in total. The highest BCUT2D eigenvalue weighted by Gasteiger charge is 2.20. The quantitative estimate of drug-likeness (QED) is 0.871. The predicted octanol–water partition coefficient (Wildman–Crippen LogP) is 2.82. The van der Waals surface area contributed by atoms with Crippen molar-refractivity contribution in [2.45, 2.75) is 43.0 Å². The maximum absolute atomic E-state index is 13.8. The number of halogens is 2. The number of benzene rings is 1. The Bertz CT molecular complexity index is 612. The predicted molar refractivity (Wildman–Crippen MR) is 73.8 cm³/mol. The number of hydrogen-bond donors (Lipinski definition) is 1. The lowest BCUT2D eigenvalue weighted by Crippen LogP contribution is -2.36. The molecule has 0 unspecified atom stereocenters. The van der Waals surface area contributed by atoms with E-state index in [0.29, 0.717) is 0 Å². The van der Waals surface area contributed by atoms with E-state index in [1.165, 1.54) is 0 Å². The largest absolute Gasteiger partial charge is 0.349 e. The molecule has 20 heavy (non-hydrogen) atoms. The number of rotatable bonds is 3. The minimum Gasteiger partial charge on any atom is -0.349 e. The van der Waals surface area contributed by atoms with E-state index in [2.05, 4.69) is 5.32 Å². The van der Waals surface area contributed by atoms with Crippen LogP contribution in [0.4, 0.5) is 4.39 Å². The van der Waals surface area contributed by atoms with Crippen LogP contribution in [0.25, 0.3) is 0 Å². The second-order valence-electron chi connectivity index (χ2n) is 4.89. The van der Waals surface area contributed by atoms with E-state index in [1.54, 1.807) is 0 Å². The van der Waals surface area contributed by atoms with Crippen LogP contribution in [0, 0.1) is 5.82 Å². The fourth-order valence-electron chi connectivity index (χ4n) is 2.34. The SMILES string of the molecule is O=C(NC1CCCCC1)c1ccc(S(=O)(=O)Cl)cc1F. The monoisotopic (exact) mass is 319 g/mol. The van der Waals surface area contributed by atoms with E-state index in [1.807, 2.05) is 0 Å². The molecule has 0 aromatic heterocycles. The Morgan fingerprint density at radius 1 is 1.25 bits per heavy atom. The molecule has 0 aliphatic heterocycles. The molecule has 1 aromatic carbocycles. The van der Waals surface area contributed by atoms with Gasteiger partial charge in [-0.1, -0.05) is 19.3 Å². The second kappa shape index (κ2) is 6.10. The van der Waals surface area contributed by atoms with Gasteiger partial charge in [-0.3, -0.25) is 4.79 Å². The normalized spacial score (nSPS) is 16.9. The van der Waals surface area contributed by atoms with Gasteiger partial charge in [-0.2, -0.15) is 0 Å². The van der Waals surface area contributed by atoms with Gasteiger partial charge < -0.3 is 5.32 Å².